The number of allylic oxidation sites excluding steroid dienone is 1. The summed E-state index contributed by atoms with van der Waals surface area (Å²) in [7, 11) is 0. The van der Waals surface area contributed by atoms with E-state index in [2.05, 4.69) is 4.85 Å². The Morgan fingerprint density at radius 1 is 0.886 bits per heavy atom. The lowest BCUT2D eigenvalue weighted by Crippen LogP contribution is -2.64. The summed E-state index contributed by atoms with van der Waals surface area (Å²) in [5.74, 6) is -36.2. The fourth-order valence-electron chi connectivity index (χ4n) is 3.26. The summed E-state index contributed by atoms with van der Waals surface area (Å²) in [5.41, 5.74) is -12.0. The quantitative estimate of drug-likeness (QED) is 0.182. The molecule has 1 aromatic rings. The molecule has 0 aliphatic heterocycles. The first-order chi connectivity index (χ1) is 15.4. The SMILES string of the molecule is [C-]#[N+]c1c(Cl)cc(/C(O)=C/C(=O)C2(C(F)(F)F)C(F)(F)C(F)(F)C(F)(F)C2(F)F)cc1C(F)(F)F. The second-order valence-corrected chi connectivity index (χ2v) is 7.31. The minimum absolute atomic E-state index is 0.137. The molecular weight excluding hydrogens is 552 g/mol. The van der Waals surface area contributed by atoms with E-state index in [1.807, 2.05) is 0 Å². The Morgan fingerprint density at radius 3 is 1.66 bits per heavy atom. The Bertz CT molecular complexity index is 1120. The normalized spacial score (nSPS) is 22.5. The molecule has 1 aliphatic carbocycles. The lowest BCUT2D eigenvalue weighted by Gasteiger charge is -2.37. The Morgan fingerprint density at radius 2 is 1.31 bits per heavy atom. The lowest BCUT2D eigenvalue weighted by atomic mass is 9.74. The molecule has 0 bridgehead atoms. The van der Waals surface area contributed by atoms with Gasteiger partial charge in [0.1, 0.15) is 5.76 Å². The fourth-order valence-corrected chi connectivity index (χ4v) is 3.52. The van der Waals surface area contributed by atoms with Crippen LogP contribution in [0.25, 0.3) is 10.6 Å². The number of aliphatic hydroxyl groups excluding tert-OH is 1. The van der Waals surface area contributed by atoms with Crippen molar-refractivity contribution in [1.29, 1.82) is 0 Å². The summed E-state index contributed by atoms with van der Waals surface area (Å²) in [6.45, 7) is 6.64. The van der Waals surface area contributed by atoms with Crippen LogP contribution >= 0.6 is 11.6 Å². The molecule has 0 radical (unpaired) electrons. The average molecular weight is 556 g/mol. The zero-order valence-electron chi connectivity index (χ0n) is 15.7. The lowest BCUT2D eigenvalue weighted by molar-refractivity contribution is -0.341. The topological polar surface area (TPSA) is 41.7 Å². The number of carbonyl (C=O) groups is 1. The van der Waals surface area contributed by atoms with E-state index >= 15 is 0 Å². The number of rotatable bonds is 3. The van der Waals surface area contributed by atoms with Crippen LogP contribution in [0, 0.1) is 12.0 Å². The second-order valence-electron chi connectivity index (χ2n) is 6.90. The highest BCUT2D eigenvalue weighted by Gasteiger charge is 3.06. The smallest absolute Gasteiger partial charge is 0.414 e. The number of halogens is 15. The van der Waals surface area contributed by atoms with Gasteiger partial charge >= 0.3 is 36.0 Å². The average Bonchev–Trinajstić information content (AvgIpc) is 2.70. The number of benzene rings is 1. The monoisotopic (exact) mass is 555 g/mol. The van der Waals surface area contributed by atoms with Crippen molar-refractivity contribution >= 4 is 28.8 Å². The van der Waals surface area contributed by atoms with Gasteiger partial charge in [-0.25, -0.2) is 4.85 Å². The number of hydrogen-bond donors (Lipinski definition) is 1. The maximum absolute atomic E-state index is 14.1. The molecule has 1 aliphatic rings. The molecule has 18 heteroatoms. The highest BCUT2D eigenvalue weighted by molar-refractivity contribution is 6.33. The van der Waals surface area contributed by atoms with Gasteiger partial charge in [-0.15, -0.1) is 0 Å². The van der Waals surface area contributed by atoms with E-state index in [0.29, 0.717) is 0 Å². The molecule has 1 fully saturated rings. The van der Waals surface area contributed by atoms with Crippen LogP contribution in [-0.4, -0.2) is 40.8 Å². The van der Waals surface area contributed by atoms with Gasteiger partial charge < -0.3 is 5.11 Å². The minimum Gasteiger partial charge on any atom is -0.507 e. The molecule has 0 spiro atoms. The van der Waals surface area contributed by atoms with Crippen molar-refractivity contribution in [2.24, 2.45) is 5.41 Å². The Hall–Kier alpha value is -2.77. The number of ketones is 1. The van der Waals surface area contributed by atoms with Crippen LogP contribution in [0.2, 0.25) is 5.02 Å². The molecule has 194 valence electrons. The maximum atomic E-state index is 14.1. The third-order valence-electron chi connectivity index (χ3n) is 4.96. The van der Waals surface area contributed by atoms with E-state index in [4.69, 9.17) is 18.2 Å². The van der Waals surface area contributed by atoms with Gasteiger partial charge in [0.2, 0.25) is 5.69 Å². The maximum Gasteiger partial charge on any atom is 0.414 e. The molecule has 1 aromatic carbocycles. The van der Waals surface area contributed by atoms with Crippen LogP contribution in [0.15, 0.2) is 18.2 Å². The second kappa shape index (κ2) is 7.61. The Balaban J connectivity index is 2.88. The van der Waals surface area contributed by atoms with E-state index in [-0.39, 0.29) is 12.1 Å². The highest BCUT2D eigenvalue weighted by atomic mass is 35.5. The van der Waals surface area contributed by atoms with Gasteiger partial charge in [0.15, 0.2) is 5.78 Å². The first-order valence-corrected chi connectivity index (χ1v) is 8.57. The van der Waals surface area contributed by atoms with E-state index in [1.165, 1.54) is 0 Å². The fraction of sp³-hybridized carbons (Fsp3) is 0.412. The van der Waals surface area contributed by atoms with Gasteiger partial charge in [-0.2, -0.15) is 61.5 Å². The third-order valence-corrected chi connectivity index (χ3v) is 5.25. The van der Waals surface area contributed by atoms with E-state index in [9.17, 15) is 71.4 Å². The molecule has 3 nitrogen and oxygen atoms in total. The van der Waals surface area contributed by atoms with Crippen LogP contribution in [0.3, 0.4) is 0 Å². The Labute approximate surface area is 188 Å². The van der Waals surface area contributed by atoms with Gasteiger partial charge in [-0.3, -0.25) is 4.79 Å². The summed E-state index contributed by atoms with van der Waals surface area (Å²) in [4.78, 5) is 14.4. The first kappa shape index (κ1) is 28.5. The van der Waals surface area contributed by atoms with E-state index in [0.717, 1.165) is 0 Å². The summed E-state index contributed by atoms with van der Waals surface area (Å²) >= 11 is 5.36. The molecule has 0 heterocycles. The van der Waals surface area contributed by atoms with E-state index < -0.39 is 80.9 Å². The van der Waals surface area contributed by atoms with Crippen molar-refractivity contribution in [1.82, 2.24) is 0 Å². The molecule has 2 rings (SSSR count). The van der Waals surface area contributed by atoms with Crippen molar-refractivity contribution in [3.63, 3.8) is 0 Å². The number of hydrogen-bond acceptors (Lipinski definition) is 2. The standard InChI is InChI=1S/C17H4ClF14NO2/c1-33-10-6(12(19,20)21)2-5(3-7(10)18)8(34)4-9(35)11(17(30,31)32)13(22,23)15(26,27)16(28,29)14(11,24)25/h2-4,34H/b8-4-. The van der Waals surface area contributed by atoms with Crippen LogP contribution in [0.1, 0.15) is 11.1 Å². The van der Waals surface area contributed by atoms with Crippen molar-refractivity contribution in [2.45, 2.75) is 36.0 Å². The van der Waals surface area contributed by atoms with Crippen LogP contribution in [-0.2, 0) is 11.0 Å². The predicted molar refractivity (Wildman–Crippen MR) is 86.6 cm³/mol. The Kier molecular flexibility index (Phi) is 6.19. The number of aliphatic hydroxyl groups is 1. The number of nitrogens with zero attached hydrogens (tertiary/aromatic N) is 1. The molecule has 1 saturated carbocycles. The largest absolute Gasteiger partial charge is 0.507 e. The zero-order chi connectivity index (χ0) is 27.8. The van der Waals surface area contributed by atoms with Gasteiger partial charge in [0.25, 0.3) is 5.41 Å². The molecule has 0 aromatic heterocycles. The molecule has 1 N–H and O–H groups in total. The molecule has 0 saturated heterocycles. The molecular formula is C17H4ClF14NO2. The van der Waals surface area contributed by atoms with Crippen molar-refractivity contribution < 1.29 is 71.4 Å². The van der Waals surface area contributed by atoms with Crippen molar-refractivity contribution in [2.75, 3.05) is 0 Å². The number of alkyl halides is 14. The van der Waals surface area contributed by atoms with Gasteiger partial charge in [-0.1, -0.05) is 11.6 Å². The summed E-state index contributed by atoms with van der Waals surface area (Å²) < 4.78 is 190. The minimum atomic E-state index is -7.53. The van der Waals surface area contributed by atoms with Gasteiger partial charge in [0, 0.05) is 16.7 Å². The van der Waals surface area contributed by atoms with Crippen molar-refractivity contribution in [3.05, 3.63) is 45.8 Å². The van der Waals surface area contributed by atoms with Crippen LogP contribution in [0.4, 0.5) is 67.2 Å². The summed E-state index contributed by atoms with van der Waals surface area (Å²) in [6.07, 6.45) is -14.3. The molecule has 0 atom stereocenters. The molecule has 35 heavy (non-hydrogen) atoms. The molecule has 0 amide bonds. The molecule has 0 unspecified atom stereocenters. The zero-order valence-corrected chi connectivity index (χ0v) is 16.5. The van der Waals surface area contributed by atoms with Gasteiger partial charge in [-0.05, 0) is 12.1 Å². The van der Waals surface area contributed by atoms with Gasteiger partial charge in [0.05, 0.1) is 12.1 Å². The third kappa shape index (κ3) is 3.35. The summed E-state index contributed by atoms with van der Waals surface area (Å²) in [5, 5.41) is 8.52. The van der Waals surface area contributed by atoms with Crippen LogP contribution in [0.5, 0.6) is 0 Å². The first-order valence-electron chi connectivity index (χ1n) is 8.19. The highest BCUT2D eigenvalue weighted by Crippen LogP contribution is 2.75. The predicted octanol–water partition coefficient (Wildman–Crippen LogP) is 7.48. The van der Waals surface area contributed by atoms with Crippen molar-refractivity contribution in [3.8, 4) is 0 Å². The summed E-state index contributed by atoms with van der Waals surface area (Å²) in [6, 6.07) is -0.148. The van der Waals surface area contributed by atoms with E-state index in [1.54, 1.807) is 0 Å². The number of carbonyl (C=O) groups excluding carboxylic acids is 1. The van der Waals surface area contributed by atoms with Crippen LogP contribution < -0.4 is 0 Å².